The van der Waals surface area contributed by atoms with Crippen molar-refractivity contribution in [3.8, 4) is 0 Å². The molecule has 20 heavy (non-hydrogen) atoms. The first kappa shape index (κ1) is 14.9. The number of alkyl halides is 2. The fraction of sp³-hybridized carbons (Fsp3) is 0.533. The first-order valence-corrected chi connectivity index (χ1v) is 6.70. The summed E-state index contributed by atoms with van der Waals surface area (Å²) >= 11 is 0. The minimum Gasteiger partial charge on any atom is -0.325 e. The van der Waals surface area contributed by atoms with Gasteiger partial charge in [-0.15, -0.1) is 0 Å². The van der Waals surface area contributed by atoms with Crippen LogP contribution in [-0.2, 0) is 10.2 Å². The van der Waals surface area contributed by atoms with Crippen molar-refractivity contribution in [3.63, 3.8) is 0 Å². The van der Waals surface area contributed by atoms with Crippen molar-refractivity contribution in [2.24, 2.45) is 0 Å². The molecule has 1 aromatic rings. The molecule has 1 aliphatic heterocycles. The molecular weight excluding hydrogens is 262 g/mol. The summed E-state index contributed by atoms with van der Waals surface area (Å²) < 4.78 is 26.1. The van der Waals surface area contributed by atoms with E-state index in [-0.39, 0.29) is 5.41 Å². The summed E-state index contributed by atoms with van der Waals surface area (Å²) in [7, 11) is 0. The van der Waals surface area contributed by atoms with Crippen LogP contribution in [0.2, 0.25) is 0 Å². The summed E-state index contributed by atoms with van der Waals surface area (Å²) in [5, 5.41) is 5.21. The number of benzene rings is 1. The molecule has 1 amide bonds. The largest absolute Gasteiger partial charge is 0.325 e. The lowest BCUT2D eigenvalue weighted by Gasteiger charge is -2.19. The highest BCUT2D eigenvalue weighted by Crippen LogP contribution is 2.26. The van der Waals surface area contributed by atoms with Gasteiger partial charge in [-0.05, 0) is 23.1 Å². The minimum absolute atomic E-state index is 0.0393. The molecule has 0 saturated carbocycles. The van der Waals surface area contributed by atoms with Gasteiger partial charge < -0.3 is 5.32 Å². The summed E-state index contributed by atoms with van der Waals surface area (Å²) in [6, 6.07) is 6.64. The molecule has 2 N–H and O–H groups in total. The van der Waals surface area contributed by atoms with E-state index in [1.807, 2.05) is 12.1 Å². The number of carbonyl (C=O) groups excluding carboxylic acids is 1. The van der Waals surface area contributed by atoms with Crippen molar-refractivity contribution >= 4 is 11.6 Å². The molecule has 0 aliphatic carbocycles. The Hall–Kier alpha value is -1.49. The van der Waals surface area contributed by atoms with Gasteiger partial charge in [-0.3, -0.25) is 10.1 Å². The molecule has 110 valence electrons. The van der Waals surface area contributed by atoms with Crippen LogP contribution in [0.5, 0.6) is 0 Å². The average molecular weight is 282 g/mol. The molecule has 1 aromatic carbocycles. The van der Waals surface area contributed by atoms with Crippen LogP contribution in [0.1, 0.15) is 32.8 Å². The van der Waals surface area contributed by atoms with Crippen LogP contribution in [0, 0.1) is 0 Å². The zero-order chi connectivity index (χ0) is 15.0. The lowest BCUT2D eigenvalue weighted by atomic mass is 9.87. The molecule has 1 fully saturated rings. The molecular formula is C15H20F2N2O. The van der Waals surface area contributed by atoms with Crippen molar-refractivity contribution in [2.45, 2.75) is 44.6 Å². The summed E-state index contributed by atoms with van der Waals surface area (Å²) in [6.07, 6.45) is -0.446. The lowest BCUT2D eigenvalue weighted by Crippen LogP contribution is -2.35. The van der Waals surface area contributed by atoms with Crippen LogP contribution >= 0.6 is 0 Å². The quantitative estimate of drug-likeness (QED) is 0.875. The van der Waals surface area contributed by atoms with Gasteiger partial charge in [0.05, 0.1) is 12.6 Å². The lowest BCUT2D eigenvalue weighted by molar-refractivity contribution is -0.118. The monoisotopic (exact) mass is 282 g/mol. The van der Waals surface area contributed by atoms with Gasteiger partial charge in [-0.25, -0.2) is 8.78 Å². The van der Waals surface area contributed by atoms with Gasteiger partial charge in [0.2, 0.25) is 5.91 Å². The third kappa shape index (κ3) is 3.54. The Morgan fingerprint density at radius 2 is 1.90 bits per heavy atom. The molecule has 1 aliphatic rings. The van der Waals surface area contributed by atoms with Gasteiger partial charge in [0, 0.05) is 12.1 Å². The van der Waals surface area contributed by atoms with Crippen LogP contribution in [0.25, 0.3) is 0 Å². The van der Waals surface area contributed by atoms with Crippen LogP contribution < -0.4 is 10.6 Å². The fourth-order valence-electron chi connectivity index (χ4n) is 2.18. The summed E-state index contributed by atoms with van der Waals surface area (Å²) in [6.45, 7) is 5.87. The Balaban J connectivity index is 1.99. The van der Waals surface area contributed by atoms with E-state index in [1.54, 1.807) is 12.1 Å². The number of anilines is 1. The van der Waals surface area contributed by atoms with E-state index in [9.17, 15) is 13.6 Å². The van der Waals surface area contributed by atoms with Gasteiger partial charge in [-0.1, -0.05) is 32.9 Å². The van der Waals surface area contributed by atoms with E-state index >= 15 is 0 Å². The number of rotatable bonds is 2. The summed E-state index contributed by atoms with van der Waals surface area (Å²) in [5.74, 6) is -3.20. The predicted octanol–water partition coefficient (Wildman–Crippen LogP) is 2.92. The number of nitrogens with one attached hydrogen (secondary N) is 2. The Labute approximate surface area is 117 Å². The Bertz CT molecular complexity index is 492. The zero-order valence-corrected chi connectivity index (χ0v) is 12.0. The highest BCUT2D eigenvalue weighted by atomic mass is 19.3. The molecule has 0 aromatic heterocycles. The summed E-state index contributed by atoms with van der Waals surface area (Å²) in [5.41, 5.74) is 1.82. The SMILES string of the molecule is CC(C)(C)c1ccc(NC(=O)C2CC(F)(F)CN2)cc1. The van der Waals surface area contributed by atoms with E-state index in [0.717, 1.165) is 5.56 Å². The minimum atomic E-state index is -2.79. The molecule has 2 rings (SSSR count). The second-order valence-corrected chi connectivity index (χ2v) is 6.31. The Morgan fingerprint density at radius 3 is 2.35 bits per heavy atom. The topological polar surface area (TPSA) is 41.1 Å². The average Bonchev–Trinajstić information content (AvgIpc) is 2.69. The van der Waals surface area contributed by atoms with E-state index in [0.29, 0.717) is 5.69 Å². The molecule has 5 heteroatoms. The number of amides is 1. The molecule has 1 unspecified atom stereocenters. The van der Waals surface area contributed by atoms with Gasteiger partial charge >= 0.3 is 0 Å². The smallest absolute Gasteiger partial charge is 0.262 e. The first-order valence-electron chi connectivity index (χ1n) is 6.70. The van der Waals surface area contributed by atoms with Gasteiger partial charge in [-0.2, -0.15) is 0 Å². The normalized spacial score (nSPS) is 21.8. The maximum atomic E-state index is 13.0. The van der Waals surface area contributed by atoms with Crippen molar-refractivity contribution in [1.29, 1.82) is 0 Å². The van der Waals surface area contributed by atoms with Gasteiger partial charge in [0.15, 0.2) is 0 Å². The molecule has 1 saturated heterocycles. The van der Waals surface area contributed by atoms with Crippen molar-refractivity contribution in [2.75, 3.05) is 11.9 Å². The molecule has 0 spiro atoms. The van der Waals surface area contributed by atoms with Crippen molar-refractivity contribution < 1.29 is 13.6 Å². The second kappa shape index (κ2) is 5.13. The molecule has 1 atom stereocenters. The molecule has 0 radical (unpaired) electrons. The first-order chi connectivity index (χ1) is 9.17. The predicted molar refractivity (Wildman–Crippen MR) is 75.1 cm³/mol. The standard InChI is InChI=1S/C15H20F2N2O/c1-14(2,3)10-4-6-11(7-5-10)19-13(20)12-8-15(16,17)9-18-12/h4-7,12,18H,8-9H2,1-3H3,(H,19,20). The van der Waals surface area contributed by atoms with Crippen LogP contribution in [-0.4, -0.2) is 24.4 Å². The van der Waals surface area contributed by atoms with Crippen molar-refractivity contribution in [3.05, 3.63) is 29.8 Å². The number of hydrogen-bond donors (Lipinski definition) is 2. The van der Waals surface area contributed by atoms with E-state index in [1.165, 1.54) is 0 Å². The third-order valence-electron chi connectivity index (χ3n) is 3.44. The Morgan fingerprint density at radius 1 is 1.30 bits per heavy atom. The highest BCUT2D eigenvalue weighted by Gasteiger charge is 2.42. The number of carbonyl (C=O) groups is 1. The number of halogens is 2. The molecule has 0 bridgehead atoms. The maximum Gasteiger partial charge on any atom is 0.262 e. The van der Waals surface area contributed by atoms with E-state index in [4.69, 9.17) is 0 Å². The van der Waals surface area contributed by atoms with Crippen LogP contribution in [0.3, 0.4) is 0 Å². The van der Waals surface area contributed by atoms with E-state index < -0.39 is 30.8 Å². The van der Waals surface area contributed by atoms with Gasteiger partial charge in [0.1, 0.15) is 0 Å². The highest BCUT2D eigenvalue weighted by molar-refractivity contribution is 5.95. The molecule has 1 heterocycles. The van der Waals surface area contributed by atoms with Gasteiger partial charge in [0.25, 0.3) is 5.92 Å². The fourth-order valence-corrected chi connectivity index (χ4v) is 2.18. The molecule has 3 nitrogen and oxygen atoms in total. The van der Waals surface area contributed by atoms with E-state index in [2.05, 4.69) is 31.4 Å². The second-order valence-electron chi connectivity index (χ2n) is 6.31. The summed E-state index contributed by atoms with van der Waals surface area (Å²) in [4.78, 5) is 11.9. The number of hydrogen-bond acceptors (Lipinski definition) is 2. The maximum absolute atomic E-state index is 13.0. The van der Waals surface area contributed by atoms with Crippen LogP contribution in [0.4, 0.5) is 14.5 Å². The van der Waals surface area contributed by atoms with Crippen molar-refractivity contribution in [1.82, 2.24) is 5.32 Å². The van der Waals surface area contributed by atoms with Crippen LogP contribution in [0.15, 0.2) is 24.3 Å². The Kier molecular flexibility index (Phi) is 3.82. The zero-order valence-electron chi connectivity index (χ0n) is 12.0. The third-order valence-corrected chi connectivity index (χ3v) is 3.44.